The molecule has 1 amide bonds. The first-order valence-electron chi connectivity index (χ1n) is 12.7. The maximum absolute atomic E-state index is 13.7. The van der Waals surface area contributed by atoms with E-state index in [-0.39, 0.29) is 11.9 Å². The number of likely N-dealkylation sites (tertiary alicyclic amines) is 1. The summed E-state index contributed by atoms with van der Waals surface area (Å²) in [5.74, 6) is 0.729. The predicted molar refractivity (Wildman–Crippen MR) is 143 cm³/mol. The summed E-state index contributed by atoms with van der Waals surface area (Å²) in [4.78, 5) is 23.9. The van der Waals surface area contributed by atoms with E-state index in [1.807, 2.05) is 30.6 Å². The van der Waals surface area contributed by atoms with Gasteiger partial charge in [-0.05, 0) is 47.4 Å². The molecule has 182 valence electrons. The van der Waals surface area contributed by atoms with Crippen LogP contribution in [0.5, 0.6) is 0 Å². The van der Waals surface area contributed by atoms with E-state index in [4.69, 9.17) is 0 Å². The molecule has 0 aliphatic carbocycles. The zero-order valence-electron chi connectivity index (χ0n) is 20.5. The number of amides is 1. The Morgan fingerprint density at radius 3 is 2.11 bits per heavy atom. The Labute approximate surface area is 213 Å². The van der Waals surface area contributed by atoms with E-state index in [1.165, 1.54) is 17.5 Å². The van der Waals surface area contributed by atoms with Gasteiger partial charge in [0.2, 0.25) is 5.91 Å². The van der Waals surface area contributed by atoms with Crippen LogP contribution in [-0.2, 0) is 17.8 Å². The van der Waals surface area contributed by atoms with Gasteiger partial charge in [0.05, 0.1) is 6.04 Å². The zero-order valence-corrected chi connectivity index (χ0v) is 20.5. The van der Waals surface area contributed by atoms with E-state index < -0.39 is 0 Å². The molecule has 1 aromatic heterocycles. The molecule has 4 aromatic rings. The highest BCUT2D eigenvalue weighted by Crippen LogP contribution is 2.28. The Bertz CT molecular complexity index is 1220. The highest BCUT2D eigenvalue weighted by molar-refractivity contribution is 5.82. The number of hydrogen-bond donors (Lipinski definition) is 1. The lowest BCUT2D eigenvalue weighted by molar-refractivity contribution is -0.134. The van der Waals surface area contributed by atoms with E-state index in [2.05, 4.69) is 86.9 Å². The Hall–Kier alpha value is -3.83. The minimum Gasteiger partial charge on any atom is -0.341 e. The average Bonchev–Trinajstić information content (AvgIpc) is 2.97. The SMILES string of the molecule is O=C(C(Cc1ccccc1)NCc1ccc(-c2cncnc2)cc1)N1CCC(c2ccccc2)CC1. The predicted octanol–water partition coefficient (Wildman–Crippen LogP) is 5.25. The van der Waals surface area contributed by atoms with E-state index in [1.54, 1.807) is 0 Å². The first-order valence-corrected chi connectivity index (χ1v) is 12.7. The van der Waals surface area contributed by atoms with Gasteiger partial charge in [-0.2, -0.15) is 0 Å². The molecule has 0 radical (unpaired) electrons. The molecular weight excluding hydrogens is 444 g/mol. The van der Waals surface area contributed by atoms with Crippen molar-refractivity contribution in [3.63, 3.8) is 0 Å². The number of rotatable bonds is 8. The fourth-order valence-electron chi connectivity index (χ4n) is 4.98. The third kappa shape index (κ3) is 6.04. The third-order valence-corrected chi connectivity index (χ3v) is 7.06. The topological polar surface area (TPSA) is 58.1 Å². The molecule has 3 aromatic carbocycles. The van der Waals surface area contributed by atoms with Gasteiger partial charge in [0.1, 0.15) is 6.33 Å². The molecule has 1 fully saturated rings. The van der Waals surface area contributed by atoms with Crippen molar-refractivity contribution in [2.75, 3.05) is 13.1 Å². The fraction of sp³-hybridized carbons (Fsp3) is 0.258. The van der Waals surface area contributed by atoms with Gasteiger partial charge < -0.3 is 10.2 Å². The molecule has 0 bridgehead atoms. The number of benzene rings is 3. The van der Waals surface area contributed by atoms with Crippen LogP contribution >= 0.6 is 0 Å². The molecule has 1 atom stereocenters. The molecule has 0 spiro atoms. The molecular formula is C31H32N4O. The van der Waals surface area contributed by atoms with E-state index in [0.29, 0.717) is 18.9 Å². The number of hydrogen-bond acceptors (Lipinski definition) is 4. The van der Waals surface area contributed by atoms with E-state index in [0.717, 1.165) is 42.6 Å². The second kappa shape index (κ2) is 11.7. The van der Waals surface area contributed by atoms with Crippen LogP contribution in [0.1, 0.15) is 35.4 Å². The Morgan fingerprint density at radius 1 is 0.806 bits per heavy atom. The van der Waals surface area contributed by atoms with Crippen LogP contribution in [0.15, 0.2) is 104 Å². The molecule has 1 unspecified atom stereocenters. The highest BCUT2D eigenvalue weighted by Gasteiger charge is 2.28. The molecule has 2 heterocycles. The van der Waals surface area contributed by atoms with Crippen LogP contribution in [0.3, 0.4) is 0 Å². The smallest absolute Gasteiger partial charge is 0.240 e. The van der Waals surface area contributed by atoms with Crippen molar-refractivity contribution in [2.24, 2.45) is 0 Å². The van der Waals surface area contributed by atoms with Gasteiger partial charge in [0.15, 0.2) is 0 Å². The lowest BCUT2D eigenvalue weighted by Gasteiger charge is -2.35. The summed E-state index contributed by atoms with van der Waals surface area (Å²) in [6, 6.07) is 29.1. The molecule has 1 saturated heterocycles. The van der Waals surface area contributed by atoms with Crippen LogP contribution in [-0.4, -0.2) is 39.9 Å². The van der Waals surface area contributed by atoms with Crippen LogP contribution in [0.2, 0.25) is 0 Å². The molecule has 1 aliphatic rings. The van der Waals surface area contributed by atoms with Crippen molar-refractivity contribution in [1.82, 2.24) is 20.2 Å². The minimum atomic E-state index is -0.261. The number of aromatic nitrogens is 2. The zero-order chi connectivity index (χ0) is 24.6. The van der Waals surface area contributed by atoms with Crippen LogP contribution < -0.4 is 5.32 Å². The largest absolute Gasteiger partial charge is 0.341 e. The lowest BCUT2D eigenvalue weighted by Crippen LogP contribution is -2.49. The summed E-state index contributed by atoms with van der Waals surface area (Å²) in [5.41, 5.74) is 5.77. The molecule has 1 aliphatic heterocycles. The van der Waals surface area contributed by atoms with Gasteiger partial charge in [-0.1, -0.05) is 84.9 Å². The first-order chi connectivity index (χ1) is 17.8. The molecule has 0 saturated carbocycles. The second-order valence-corrected chi connectivity index (χ2v) is 9.46. The number of piperidine rings is 1. The van der Waals surface area contributed by atoms with E-state index >= 15 is 0 Å². The van der Waals surface area contributed by atoms with Gasteiger partial charge in [-0.25, -0.2) is 9.97 Å². The summed E-state index contributed by atoms with van der Waals surface area (Å²) in [5, 5.41) is 3.57. The summed E-state index contributed by atoms with van der Waals surface area (Å²) < 4.78 is 0. The summed E-state index contributed by atoms with van der Waals surface area (Å²) >= 11 is 0. The van der Waals surface area contributed by atoms with Gasteiger partial charge in [-0.3, -0.25) is 4.79 Å². The number of carbonyl (C=O) groups excluding carboxylic acids is 1. The standard InChI is InChI=1S/C31H32N4O/c36-31(35-17-15-28(16-18-35)26-9-5-2-6-10-26)30(19-24-7-3-1-4-8-24)34-20-25-11-13-27(14-12-25)29-21-32-23-33-22-29/h1-14,21-23,28,30,34H,15-20H2. The Morgan fingerprint density at radius 2 is 1.44 bits per heavy atom. The Kier molecular flexibility index (Phi) is 7.79. The number of carbonyl (C=O) groups is 1. The summed E-state index contributed by atoms with van der Waals surface area (Å²) in [6.45, 7) is 2.24. The minimum absolute atomic E-state index is 0.198. The normalized spacial score (nSPS) is 14.9. The molecule has 5 rings (SSSR count). The maximum Gasteiger partial charge on any atom is 0.240 e. The summed E-state index contributed by atoms with van der Waals surface area (Å²) in [7, 11) is 0. The van der Waals surface area contributed by atoms with Crippen LogP contribution in [0.25, 0.3) is 11.1 Å². The second-order valence-electron chi connectivity index (χ2n) is 9.46. The maximum atomic E-state index is 13.7. The van der Waals surface area contributed by atoms with Crippen molar-refractivity contribution in [2.45, 2.75) is 37.8 Å². The van der Waals surface area contributed by atoms with Crippen LogP contribution in [0.4, 0.5) is 0 Å². The average molecular weight is 477 g/mol. The van der Waals surface area contributed by atoms with Crippen molar-refractivity contribution < 1.29 is 4.79 Å². The molecule has 1 N–H and O–H groups in total. The lowest BCUT2D eigenvalue weighted by atomic mass is 9.89. The molecule has 36 heavy (non-hydrogen) atoms. The van der Waals surface area contributed by atoms with Gasteiger partial charge >= 0.3 is 0 Å². The molecule has 5 nitrogen and oxygen atoms in total. The van der Waals surface area contributed by atoms with Gasteiger partial charge in [0.25, 0.3) is 0 Å². The van der Waals surface area contributed by atoms with E-state index in [9.17, 15) is 4.79 Å². The number of nitrogens with zero attached hydrogens (tertiary/aromatic N) is 3. The third-order valence-electron chi connectivity index (χ3n) is 7.06. The monoisotopic (exact) mass is 476 g/mol. The highest BCUT2D eigenvalue weighted by atomic mass is 16.2. The van der Waals surface area contributed by atoms with Crippen molar-refractivity contribution in [3.8, 4) is 11.1 Å². The van der Waals surface area contributed by atoms with Crippen molar-refractivity contribution in [1.29, 1.82) is 0 Å². The van der Waals surface area contributed by atoms with Crippen molar-refractivity contribution >= 4 is 5.91 Å². The fourth-order valence-corrected chi connectivity index (χ4v) is 4.98. The van der Waals surface area contributed by atoms with Crippen LogP contribution in [0, 0.1) is 0 Å². The first kappa shape index (κ1) is 23.9. The van der Waals surface area contributed by atoms with Gasteiger partial charge in [-0.15, -0.1) is 0 Å². The quantitative estimate of drug-likeness (QED) is 0.377. The molecule has 5 heteroatoms. The number of nitrogens with one attached hydrogen (secondary N) is 1. The summed E-state index contributed by atoms with van der Waals surface area (Å²) in [6.07, 6.45) is 7.87. The Balaban J connectivity index is 1.24. The van der Waals surface area contributed by atoms with Crippen molar-refractivity contribution in [3.05, 3.63) is 120 Å². The van der Waals surface area contributed by atoms with Gasteiger partial charge in [0, 0.05) is 37.6 Å².